The van der Waals surface area contributed by atoms with E-state index in [1.807, 2.05) is 12.2 Å². The molecule has 57 heavy (non-hydrogen) atoms. The van der Waals surface area contributed by atoms with Crippen LogP contribution < -0.4 is 5.73 Å². The third-order valence-electron chi connectivity index (χ3n) is 10.0. The summed E-state index contributed by atoms with van der Waals surface area (Å²) in [5, 5.41) is 0. The van der Waals surface area contributed by atoms with Gasteiger partial charge in [-0.15, -0.1) is 0 Å². The summed E-state index contributed by atoms with van der Waals surface area (Å²) in [6, 6.07) is 0. The van der Waals surface area contributed by atoms with Gasteiger partial charge in [-0.05, 0) is 57.8 Å². The fourth-order valence-corrected chi connectivity index (χ4v) is 7.27. The van der Waals surface area contributed by atoms with Crippen LogP contribution in [0.1, 0.15) is 219 Å². The average Bonchev–Trinajstić information content (AvgIpc) is 3.20. The number of hydrogen-bond acceptors (Lipinski definition) is 8. The maximum Gasteiger partial charge on any atom is 0.472 e. The highest BCUT2D eigenvalue weighted by Gasteiger charge is 2.25. The lowest BCUT2D eigenvalue weighted by Crippen LogP contribution is -2.29. The maximum atomic E-state index is 12.5. The average molecular weight is 826 g/mol. The number of carbonyl (C=O) groups excluding carboxylic acids is 2. The lowest BCUT2D eigenvalue weighted by molar-refractivity contribution is -0.161. The molecule has 0 aromatic heterocycles. The number of unbranched alkanes of at least 4 members (excludes halogenated alkanes) is 25. The van der Waals surface area contributed by atoms with Gasteiger partial charge in [0, 0.05) is 19.4 Å². The highest BCUT2D eigenvalue weighted by Crippen LogP contribution is 2.43. The monoisotopic (exact) mass is 826 g/mol. The van der Waals surface area contributed by atoms with Gasteiger partial charge in [0.15, 0.2) is 6.10 Å². The van der Waals surface area contributed by atoms with E-state index in [0.29, 0.717) is 6.42 Å². The van der Waals surface area contributed by atoms with Crippen LogP contribution in [-0.2, 0) is 32.7 Å². The van der Waals surface area contributed by atoms with E-state index < -0.39 is 32.5 Å². The Morgan fingerprint density at radius 3 is 1.42 bits per heavy atom. The van der Waals surface area contributed by atoms with Gasteiger partial charge >= 0.3 is 19.8 Å². The van der Waals surface area contributed by atoms with Gasteiger partial charge in [-0.1, -0.05) is 185 Å². The van der Waals surface area contributed by atoms with Crippen LogP contribution in [0.2, 0.25) is 0 Å². The SMILES string of the molecule is CCCCCCCC/C=C/C/C=C/CCC(=O)OC(COC(=O)CCCCCCCCC/C=C/CCCCCCCCCCCCCC)COP(=O)(O)OCCN. The zero-order valence-corrected chi connectivity index (χ0v) is 37.7. The van der Waals surface area contributed by atoms with E-state index in [1.165, 1.54) is 141 Å². The van der Waals surface area contributed by atoms with Crippen LogP contribution in [0.15, 0.2) is 36.5 Å². The Kier molecular flexibility index (Phi) is 42.4. The van der Waals surface area contributed by atoms with Gasteiger partial charge in [0.05, 0.1) is 13.2 Å². The number of phosphoric ester groups is 1. The number of allylic oxidation sites excluding steroid dienone is 6. The van der Waals surface area contributed by atoms with E-state index in [9.17, 15) is 19.0 Å². The van der Waals surface area contributed by atoms with Crippen LogP contribution in [0.5, 0.6) is 0 Å². The standard InChI is InChI=1S/C47H88NO8P/c1-3-5-7-9-11-13-15-17-18-19-20-21-22-23-24-25-26-28-29-31-33-35-37-39-46(49)53-43-45(44-55-57(51,52)54-42-41-48)56-47(50)40-38-36-34-32-30-27-16-14-12-10-8-6-4-2/h23-24,27,30,34,36,45H,3-22,25-26,28-29,31-33,35,37-44,48H2,1-2H3,(H,51,52)/b24-23+,30-27+,36-34+. The van der Waals surface area contributed by atoms with Crippen molar-refractivity contribution >= 4 is 19.8 Å². The molecule has 10 heteroatoms. The van der Waals surface area contributed by atoms with Crippen molar-refractivity contribution in [2.24, 2.45) is 5.73 Å². The molecule has 0 aromatic carbocycles. The van der Waals surface area contributed by atoms with Gasteiger partial charge in [0.2, 0.25) is 0 Å². The molecule has 2 atom stereocenters. The Balaban J connectivity index is 4.08. The molecule has 0 heterocycles. The van der Waals surface area contributed by atoms with Crippen molar-refractivity contribution < 1.29 is 37.6 Å². The Labute approximate surface area is 350 Å². The summed E-state index contributed by atoms with van der Waals surface area (Å²) >= 11 is 0. The summed E-state index contributed by atoms with van der Waals surface area (Å²) in [5.74, 6) is -0.908. The number of esters is 2. The van der Waals surface area contributed by atoms with E-state index in [4.69, 9.17) is 24.3 Å². The molecule has 0 amide bonds. The second kappa shape index (κ2) is 43.8. The Morgan fingerprint density at radius 2 is 0.947 bits per heavy atom. The fraction of sp³-hybridized carbons (Fsp3) is 0.830. The van der Waals surface area contributed by atoms with E-state index in [0.717, 1.165) is 44.9 Å². The molecule has 0 spiro atoms. The van der Waals surface area contributed by atoms with Crippen molar-refractivity contribution in [3.63, 3.8) is 0 Å². The largest absolute Gasteiger partial charge is 0.472 e. The van der Waals surface area contributed by atoms with Gasteiger partial charge in [0.1, 0.15) is 6.61 Å². The molecule has 3 N–H and O–H groups in total. The molecule has 0 aliphatic rings. The Hall–Kier alpha value is -1.77. The first-order chi connectivity index (χ1) is 27.8. The predicted octanol–water partition coefficient (Wildman–Crippen LogP) is 13.7. The fourth-order valence-electron chi connectivity index (χ4n) is 6.51. The first-order valence-electron chi connectivity index (χ1n) is 23.5. The molecule has 0 aliphatic heterocycles. The van der Waals surface area contributed by atoms with Crippen LogP contribution in [0.3, 0.4) is 0 Å². The number of ether oxygens (including phenoxy) is 2. The first-order valence-corrected chi connectivity index (χ1v) is 25.0. The van der Waals surface area contributed by atoms with Gasteiger partial charge in [-0.2, -0.15) is 0 Å². The summed E-state index contributed by atoms with van der Waals surface area (Å²) < 4.78 is 32.7. The third-order valence-corrected chi connectivity index (χ3v) is 11.0. The van der Waals surface area contributed by atoms with Crippen LogP contribution in [0.25, 0.3) is 0 Å². The zero-order chi connectivity index (χ0) is 41.8. The highest BCUT2D eigenvalue weighted by molar-refractivity contribution is 7.47. The highest BCUT2D eigenvalue weighted by atomic mass is 31.2. The van der Waals surface area contributed by atoms with Crippen molar-refractivity contribution in [1.82, 2.24) is 0 Å². The van der Waals surface area contributed by atoms with Crippen LogP contribution in [0.4, 0.5) is 0 Å². The van der Waals surface area contributed by atoms with Crippen molar-refractivity contribution in [3.8, 4) is 0 Å². The predicted molar refractivity (Wildman–Crippen MR) is 238 cm³/mol. The van der Waals surface area contributed by atoms with Crippen LogP contribution in [0, 0.1) is 0 Å². The molecule has 0 aliphatic carbocycles. The summed E-state index contributed by atoms with van der Waals surface area (Å²) in [7, 11) is -4.39. The van der Waals surface area contributed by atoms with Crippen LogP contribution >= 0.6 is 7.82 Å². The molecule has 0 saturated heterocycles. The van der Waals surface area contributed by atoms with E-state index in [1.54, 1.807) is 0 Å². The molecule has 0 bridgehead atoms. The maximum absolute atomic E-state index is 12.5. The minimum absolute atomic E-state index is 0.0452. The second-order valence-corrected chi connectivity index (χ2v) is 17.1. The van der Waals surface area contributed by atoms with Gasteiger partial charge in [-0.25, -0.2) is 4.57 Å². The van der Waals surface area contributed by atoms with E-state index in [2.05, 4.69) is 38.2 Å². The molecule has 0 rings (SSSR count). The molecular weight excluding hydrogens is 737 g/mol. The number of carbonyl (C=O) groups is 2. The topological polar surface area (TPSA) is 134 Å². The lowest BCUT2D eigenvalue weighted by atomic mass is 10.0. The normalized spacial score (nSPS) is 13.5. The first kappa shape index (κ1) is 55.2. The molecule has 334 valence electrons. The molecule has 0 aromatic rings. The smallest absolute Gasteiger partial charge is 0.462 e. The molecule has 0 radical (unpaired) electrons. The minimum atomic E-state index is -4.39. The number of rotatable bonds is 44. The van der Waals surface area contributed by atoms with Crippen molar-refractivity contribution in [3.05, 3.63) is 36.5 Å². The van der Waals surface area contributed by atoms with Crippen molar-refractivity contribution in [2.45, 2.75) is 225 Å². The molecule has 9 nitrogen and oxygen atoms in total. The summed E-state index contributed by atoms with van der Waals surface area (Å²) in [5.41, 5.74) is 5.34. The molecule has 0 fully saturated rings. The summed E-state index contributed by atoms with van der Waals surface area (Å²) in [6.07, 6.45) is 49.2. The van der Waals surface area contributed by atoms with Crippen LogP contribution in [-0.4, -0.2) is 49.3 Å². The van der Waals surface area contributed by atoms with E-state index >= 15 is 0 Å². The number of phosphoric acid groups is 1. The third kappa shape index (κ3) is 43.6. The Bertz CT molecular complexity index is 1030. The minimum Gasteiger partial charge on any atom is -0.462 e. The van der Waals surface area contributed by atoms with Crippen molar-refractivity contribution in [1.29, 1.82) is 0 Å². The second-order valence-electron chi connectivity index (χ2n) is 15.6. The van der Waals surface area contributed by atoms with Crippen molar-refractivity contribution in [2.75, 3.05) is 26.4 Å². The van der Waals surface area contributed by atoms with E-state index in [-0.39, 0.29) is 32.6 Å². The zero-order valence-electron chi connectivity index (χ0n) is 36.8. The lowest BCUT2D eigenvalue weighted by Gasteiger charge is -2.19. The Morgan fingerprint density at radius 1 is 0.526 bits per heavy atom. The summed E-state index contributed by atoms with van der Waals surface area (Å²) in [6.45, 7) is 3.67. The quantitative estimate of drug-likeness (QED) is 0.0266. The van der Waals surface area contributed by atoms with Gasteiger partial charge < -0.3 is 20.1 Å². The molecular formula is C47H88NO8P. The number of nitrogens with two attached hydrogens (primary N) is 1. The van der Waals surface area contributed by atoms with Gasteiger partial charge in [0.25, 0.3) is 0 Å². The summed E-state index contributed by atoms with van der Waals surface area (Å²) in [4.78, 5) is 34.8. The van der Waals surface area contributed by atoms with Gasteiger partial charge in [-0.3, -0.25) is 18.6 Å². The molecule has 0 saturated carbocycles. The number of hydrogen-bond donors (Lipinski definition) is 2. The molecule has 2 unspecified atom stereocenters.